The zero-order valence-electron chi connectivity index (χ0n) is 12.5. The zero-order valence-corrected chi connectivity index (χ0v) is 12.5. The Bertz CT molecular complexity index is 639. The molecule has 2 aromatic rings. The SMILES string of the molecule is CC(C)N(CCCO)c1cc(C(=N)N)c2ccccc2n1. The number of amidine groups is 1. The van der Waals surface area contributed by atoms with Gasteiger partial charge in [-0.25, -0.2) is 4.98 Å². The maximum absolute atomic E-state index is 9.06. The number of aliphatic hydroxyl groups excluding tert-OH is 1. The highest BCUT2D eigenvalue weighted by molar-refractivity contribution is 6.07. The first-order valence-corrected chi connectivity index (χ1v) is 7.16. The van der Waals surface area contributed by atoms with Gasteiger partial charge >= 0.3 is 0 Å². The minimum absolute atomic E-state index is 0.0423. The smallest absolute Gasteiger partial charge is 0.130 e. The summed E-state index contributed by atoms with van der Waals surface area (Å²) in [4.78, 5) is 6.80. The Kier molecular flexibility index (Phi) is 4.75. The third kappa shape index (κ3) is 3.31. The van der Waals surface area contributed by atoms with Crippen molar-refractivity contribution in [2.24, 2.45) is 5.73 Å². The summed E-state index contributed by atoms with van der Waals surface area (Å²) < 4.78 is 0. The van der Waals surface area contributed by atoms with Crippen molar-refractivity contribution in [2.45, 2.75) is 26.3 Å². The summed E-state index contributed by atoms with van der Waals surface area (Å²) in [6.45, 7) is 5.04. The fraction of sp³-hybridized carbons (Fsp3) is 0.375. The molecule has 0 fully saturated rings. The number of hydrogen-bond acceptors (Lipinski definition) is 4. The summed E-state index contributed by atoms with van der Waals surface area (Å²) in [6.07, 6.45) is 0.683. The van der Waals surface area contributed by atoms with Gasteiger partial charge in [-0.3, -0.25) is 5.41 Å². The second-order valence-corrected chi connectivity index (χ2v) is 5.32. The standard InChI is InChI=1S/C16H22N4O/c1-11(2)20(8-5-9-21)15-10-13(16(17)18)12-6-3-4-7-14(12)19-15/h3-4,6-7,10-11,21H,5,8-9H2,1-2H3,(H3,17,18). The van der Waals surface area contributed by atoms with Gasteiger partial charge in [-0.15, -0.1) is 0 Å². The van der Waals surface area contributed by atoms with Crippen LogP contribution in [0.4, 0.5) is 5.82 Å². The number of nitrogens with two attached hydrogens (primary N) is 1. The Morgan fingerprint density at radius 2 is 2.10 bits per heavy atom. The molecule has 0 atom stereocenters. The summed E-state index contributed by atoms with van der Waals surface area (Å²) in [7, 11) is 0. The number of aromatic nitrogens is 1. The quantitative estimate of drug-likeness (QED) is 0.561. The highest BCUT2D eigenvalue weighted by Crippen LogP contribution is 2.24. The van der Waals surface area contributed by atoms with E-state index in [1.165, 1.54) is 0 Å². The van der Waals surface area contributed by atoms with Crippen LogP contribution in [0.3, 0.4) is 0 Å². The number of pyridine rings is 1. The first-order valence-electron chi connectivity index (χ1n) is 7.16. The Labute approximate surface area is 124 Å². The number of benzene rings is 1. The maximum atomic E-state index is 9.06. The van der Waals surface area contributed by atoms with Crippen LogP contribution in [0.25, 0.3) is 10.9 Å². The number of nitrogens with one attached hydrogen (secondary N) is 1. The molecule has 0 saturated carbocycles. The van der Waals surface area contributed by atoms with Crippen molar-refractivity contribution in [1.82, 2.24) is 4.98 Å². The van der Waals surface area contributed by atoms with E-state index in [1.54, 1.807) is 0 Å². The molecule has 112 valence electrons. The molecule has 5 nitrogen and oxygen atoms in total. The third-order valence-corrected chi connectivity index (χ3v) is 3.47. The van der Waals surface area contributed by atoms with E-state index in [9.17, 15) is 0 Å². The molecular formula is C16H22N4O. The second-order valence-electron chi connectivity index (χ2n) is 5.32. The van der Waals surface area contributed by atoms with Gasteiger partial charge in [0, 0.05) is 30.1 Å². The monoisotopic (exact) mass is 286 g/mol. The van der Waals surface area contributed by atoms with Crippen molar-refractivity contribution in [2.75, 3.05) is 18.1 Å². The molecule has 0 saturated heterocycles. The van der Waals surface area contributed by atoms with Crippen LogP contribution in [0, 0.1) is 5.41 Å². The molecule has 2 rings (SSSR count). The molecule has 1 aromatic heterocycles. The predicted octanol–water partition coefficient (Wildman–Crippen LogP) is 2.12. The molecule has 0 aliphatic rings. The van der Waals surface area contributed by atoms with Crippen LogP contribution in [0.5, 0.6) is 0 Å². The van der Waals surface area contributed by atoms with Crippen molar-refractivity contribution in [3.8, 4) is 0 Å². The lowest BCUT2D eigenvalue weighted by Crippen LogP contribution is -2.33. The van der Waals surface area contributed by atoms with Crippen LogP contribution >= 0.6 is 0 Å². The van der Waals surface area contributed by atoms with Crippen molar-refractivity contribution in [3.05, 3.63) is 35.9 Å². The predicted molar refractivity (Wildman–Crippen MR) is 86.9 cm³/mol. The molecule has 0 aliphatic heterocycles. The summed E-state index contributed by atoms with van der Waals surface area (Å²) in [5.74, 6) is 0.836. The highest BCUT2D eigenvalue weighted by atomic mass is 16.3. The molecule has 0 unspecified atom stereocenters. The number of fused-ring (bicyclic) bond motifs is 1. The number of aliphatic hydroxyl groups is 1. The Balaban J connectivity index is 2.55. The summed E-state index contributed by atoms with van der Waals surface area (Å²) >= 11 is 0. The molecule has 0 spiro atoms. The molecule has 0 radical (unpaired) electrons. The summed E-state index contributed by atoms with van der Waals surface area (Å²) in [5, 5.41) is 17.7. The fourth-order valence-electron chi connectivity index (χ4n) is 2.41. The molecular weight excluding hydrogens is 264 g/mol. The molecule has 21 heavy (non-hydrogen) atoms. The van der Waals surface area contributed by atoms with Gasteiger partial charge in [0.15, 0.2) is 0 Å². The first-order chi connectivity index (χ1) is 10.0. The number of hydrogen-bond donors (Lipinski definition) is 3. The third-order valence-electron chi connectivity index (χ3n) is 3.47. The summed E-state index contributed by atoms with van der Waals surface area (Å²) in [5.41, 5.74) is 7.25. The largest absolute Gasteiger partial charge is 0.396 e. The van der Waals surface area contributed by atoms with E-state index >= 15 is 0 Å². The van der Waals surface area contributed by atoms with Crippen LogP contribution < -0.4 is 10.6 Å². The number of nitrogen functional groups attached to an aromatic ring is 1. The molecule has 5 heteroatoms. The van der Waals surface area contributed by atoms with Gasteiger partial charge in [-0.2, -0.15) is 0 Å². The molecule has 0 amide bonds. The second kappa shape index (κ2) is 6.54. The van der Waals surface area contributed by atoms with E-state index in [2.05, 4.69) is 23.7 Å². The van der Waals surface area contributed by atoms with Gasteiger partial charge in [0.05, 0.1) is 5.52 Å². The van der Waals surface area contributed by atoms with Gasteiger partial charge in [-0.05, 0) is 32.4 Å². The Morgan fingerprint density at radius 3 is 2.71 bits per heavy atom. The van der Waals surface area contributed by atoms with E-state index in [-0.39, 0.29) is 18.5 Å². The first kappa shape index (κ1) is 15.3. The van der Waals surface area contributed by atoms with Gasteiger partial charge in [0.2, 0.25) is 0 Å². The normalized spacial score (nSPS) is 11.0. The lowest BCUT2D eigenvalue weighted by Gasteiger charge is -2.28. The van der Waals surface area contributed by atoms with E-state index in [4.69, 9.17) is 16.2 Å². The van der Waals surface area contributed by atoms with Crippen molar-refractivity contribution in [3.63, 3.8) is 0 Å². The average molecular weight is 286 g/mol. The zero-order chi connectivity index (χ0) is 15.4. The van der Waals surface area contributed by atoms with Gasteiger partial charge < -0.3 is 15.7 Å². The van der Waals surface area contributed by atoms with Crippen molar-refractivity contribution >= 4 is 22.6 Å². The van der Waals surface area contributed by atoms with E-state index in [1.807, 2.05) is 30.3 Å². The molecule has 4 N–H and O–H groups in total. The summed E-state index contributed by atoms with van der Waals surface area (Å²) in [6, 6.07) is 9.82. The van der Waals surface area contributed by atoms with Crippen LogP contribution in [-0.2, 0) is 0 Å². The van der Waals surface area contributed by atoms with E-state index in [0.29, 0.717) is 12.0 Å². The lowest BCUT2D eigenvalue weighted by atomic mass is 10.1. The molecule has 0 bridgehead atoms. The number of anilines is 1. The topological polar surface area (TPSA) is 86.2 Å². The number of nitrogens with zero attached hydrogens (tertiary/aromatic N) is 2. The molecule has 1 heterocycles. The van der Waals surface area contributed by atoms with Gasteiger partial charge in [0.25, 0.3) is 0 Å². The van der Waals surface area contributed by atoms with Gasteiger partial charge in [-0.1, -0.05) is 18.2 Å². The highest BCUT2D eigenvalue weighted by Gasteiger charge is 2.15. The average Bonchev–Trinajstić information content (AvgIpc) is 2.46. The lowest BCUT2D eigenvalue weighted by molar-refractivity contribution is 0.288. The van der Waals surface area contributed by atoms with Gasteiger partial charge in [0.1, 0.15) is 11.7 Å². The number of para-hydroxylation sites is 1. The minimum atomic E-state index is 0.0423. The minimum Gasteiger partial charge on any atom is -0.396 e. The fourth-order valence-corrected chi connectivity index (χ4v) is 2.41. The maximum Gasteiger partial charge on any atom is 0.130 e. The van der Waals surface area contributed by atoms with Crippen molar-refractivity contribution in [1.29, 1.82) is 5.41 Å². The van der Waals surface area contributed by atoms with E-state index < -0.39 is 0 Å². The number of rotatable bonds is 6. The van der Waals surface area contributed by atoms with Crippen LogP contribution in [0.1, 0.15) is 25.8 Å². The Hall–Kier alpha value is -2.14. The van der Waals surface area contributed by atoms with Crippen LogP contribution in [0.2, 0.25) is 0 Å². The van der Waals surface area contributed by atoms with Crippen LogP contribution in [-0.4, -0.2) is 35.1 Å². The molecule has 1 aromatic carbocycles. The van der Waals surface area contributed by atoms with E-state index in [0.717, 1.165) is 23.3 Å². The van der Waals surface area contributed by atoms with Crippen molar-refractivity contribution < 1.29 is 5.11 Å². The Morgan fingerprint density at radius 1 is 1.38 bits per heavy atom. The van der Waals surface area contributed by atoms with Crippen LogP contribution in [0.15, 0.2) is 30.3 Å². The molecule has 0 aliphatic carbocycles.